The summed E-state index contributed by atoms with van der Waals surface area (Å²) in [6.45, 7) is 3.49. The number of rotatable bonds is 5. The van der Waals surface area contributed by atoms with Crippen LogP contribution < -0.4 is 10.2 Å². The summed E-state index contributed by atoms with van der Waals surface area (Å²) < 4.78 is 5.03. The number of aryl methyl sites for hydroxylation is 1. The number of anilines is 2. The van der Waals surface area contributed by atoms with Crippen molar-refractivity contribution in [2.75, 3.05) is 23.4 Å². The van der Waals surface area contributed by atoms with Crippen LogP contribution in [0.5, 0.6) is 0 Å². The highest BCUT2D eigenvalue weighted by molar-refractivity contribution is 5.49. The predicted molar refractivity (Wildman–Crippen MR) is 78.1 cm³/mol. The van der Waals surface area contributed by atoms with E-state index in [0.29, 0.717) is 6.54 Å². The van der Waals surface area contributed by atoms with Gasteiger partial charge in [0.05, 0.1) is 19.2 Å². The van der Waals surface area contributed by atoms with Crippen LogP contribution in [0.25, 0.3) is 0 Å². The van der Waals surface area contributed by atoms with Crippen molar-refractivity contribution < 1.29 is 9.63 Å². The van der Waals surface area contributed by atoms with E-state index in [1.807, 2.05) is 19.1 Å². The van der Waals surface area contributed by atoms with Gasteiger partial charge in [-0.1, -0.05) is 5.16 Å². The van der Waals surface area contributed by atoms with Gasteiger partial charge in [-0.05, 0) is 19.8 Å². The highest BCUT2D eigenvalue weighted by atomic mass is 16.5. The Kier molecular flexibility index (Phi) is 4.01. The van der Waals surface area contributed by atoms with E-state index in [4.69, 9.17) is 4.52 Å². The van der Waals surface area contributed by atoms with Gasteiger partial charge in [-0.2, -0.15) is 0 Å². The second-order valence-corrected chi connectivity index (χ2v) is 5.22. The summed E-state index contributed by atoms with van der Waals surface area (Å²) in [6.07, 6.45) is 3.62. The molecule has 1 unspecified atom stereocenters. The Labute approximate surface area is 123 Å². The lowest BCUT2D eigenvalue weighted by atomic mass is 10.2. The lowest BCUT2D eigenvalue weighted by molar-refractivity contribution is 0.266. The predicted octanol–water partition coefficient (Wildman–Crippen LogP) is 1.35. The molecule has 2 aromatic heterocycles. The van der Waals surface area contributed by atoms with Crippen molar-refractivity contribution in [3.63, 3.8) is 0 Å². The van der Waals surface area contributed by atoms with Gasteiger partial charge in [0.1, 0.15) is 29.4 Å². The number of nitrogens with one attached hydrogen (secondary N) is 1. The molecule has 2 N–H and O–H groups in total. The Bertz CT molecular complexity index is 601. The van der Waals surface area contributed by atoms with Crippen LogP contribution in [0.3, 0.4) is 0 Å². The Morgan fingerprint density at radius 2 is 2.33 bits per heavy atom. The van der Waals surface area contributed by atoms with Crippen molar-refractivity contribution in [3.8, 4) is 0 Å². The zero-order valence-electron chi connectivity index (χ0n) is 12.0. The molecule has 112 valence electrons. The first-order valence-corrected chi connectivity index (χ1v) is 7.12. The topological polar surface area (TPSA) is 87.3 Å². The normalized spacial score (nSPS) is 18.2. The van der Waals surface area contributed by atoms with Crippen molar-refractivity contribution in [2.24, 2.45) is 0 Å². The average Bonchev–Trinajstić information content (AvgIpc) is 3.14. The highest BCUT2D eigenvalue weighted by Gasteiger charge is 2.25. The highest BCUT2D eigenvalue weighted by Crippen LogP contribution is 2.24. The standard InChI is InChI=1S/C14H19N5O2/c1-10-5-11(18-21-10)7-15-13-6-14(17-9-16-13)19-4-2-3-12(19)8-20/h5-6,9,12,20H,2-4,7-8H2,1H3,(H,15,16,17). The minimum Gasteiger partial charge on any atom is -0.394 e. The fourth-order valence-corrected chi connectivity index (χ4v) is 2.61. The molecule has 1 saturated heterocycles. The van der Waals surface area contributed by atoms with Crippen LogP contribution in [0, 0.1) is 6.92 Å². The second kappa shape index (κ2) is 6.09. The van der Waals surface area contributed by atoms with E-state index >= 15 is 0 Å². The molecule has 3 rings (SSSR count). The summed E-state index contributed by atoms with van der Waals surface area (Å²) in [4.78, 5) is 10.7. The number of aliphatic hydroxyl groups is 1. The van der Waals surface area contributed by atoms with Crippen molar-refractivity contribution >= 4 is 11.6 Å². The molecule has 1 atom stereocenters. The Morgan fingerprint density at radius 3 is 3.10 bits per heavy atom. The van der Waals surface area contributed by atoms with Crippen LogP contribution in [0.4, 0.5) is 11.6 Å². The monoisotopic (exact) mass is 289 g/mol. The Hall–Kier alpha value is -2.15. The van der Waals surface area contributed by atoms with E-state index in [0.717, 1.165) is 42.5 Å². The molecule has 7 heteroatoms. The molecule has 0 saturated carbocycles. The molecule has 0 aliphatic carbocycles. The molecule has 0 spiro atoms. The number of nitrogens with zero attached hydrogens (tertiary/aromatic N) is 4. The minimum absolute atomic E-state index is 0.158. The van der Waals surface area contributed by atoms with Crippen LogP contribution in [-0.2, 0) is 6.54 Å². The summed E-state index contributed by atoms with van der Waals surface area (Å²) in [7, 11) is 0. The zero-order valence-corrected chi connectivity index (χ0v) is 12.0. The van der Waals surface area contributed by atoms with Gasteiger partial charge in [0.15, 0.2) is 0 Å². The van der Waals surface area contributed by atoms with Gasteiger partial charge < -0.3 is 19.8 Å². The SMILES string of the molecule is Cc1cc(CNc2cc(N3CCCC3CO)ncn2)no1. The maximum absolute atomic E-state index is 9.40. The third-order valence-corrected chi connectivity index (χ3v) is 3.66. The zero-order chi connectivity index (χ0) is 14.7. The largest absolute Gasteiger partial charge is 0.394 e. The summed E-state index contributed by atoms with van der Waals surface area (Å²) in [5, 5.41) is 16.5. The van der Waals surface area contributed by atoms with Crippen molar-refractivity contribution in [1.29, 1.82) is 0 Å². The van der Waals surface area contributed by atoms with Gasteiger partial charge in [-0.25, -0.2) is 9.97 Å². The summed E-state index contributed by atoms with van der Waals surface area (Å²) in [5.74, 6) is 2.38. The lowest BCUT2D eigenvalue weighted by Gasteiger charge is -2.24. The quantitative estimate of drug-likeness (QED) is 0.859. The van der Waals surface area contributed by atoms with Crippen molar-refractivity contribution in [1.82, 2.24) is 15.1 Å². The van der Waals surface area contributed by atoms with E-state index in [1.165, 1.54) is 0 Å². The minimum atomic E-state index is 0.158. The van der Waals surface area contributed by atoms with Gasteiger partial charge in [-0.3, -0.25) is 0 Å². The van der Waals surface area contributed by atoms with Crippen LogP contribution in [0.2, 0.25) is 0 Å². The van der Waals surface area contributed by atoms with Crippen LogP contribution in [0.1, 0.15) is 24.3 Å². The van der Waals surface area contributed by atoms with Crippen LogP contribution >= 0.6 is 0 Å². The molecular weight excluding hydrogens is 270 g/mol. The molecule has 0 amide bonds. The first-order chi connectivity index (χ1) is 10.3. The van der Waals surface area contributed by atoms with Crippen LogP contribution in [0.15, 0.2) is 23.0 Å². The van der Waals surface area contributed by atoms with E-state index in [1.54, 1.807) is 6.33 Å². The maximum Gasteiger partial charge on any atom is 0.134 e. The van der Waals surface area contributed by atoms with Gasteiger partial charge in [0.2, 0.25) is 0 Å². The lowest BCUT2D eigenvalue weighted by Crippen LogP contribution is -2.32. The Balaban J connectivity index is 1.68. The van der Waals surface area contributed by atoms with Crippen molar-refractivity contribution in [3.05, 3.63) is 29.9 Å². The summed E-state index contributed by atoms with van der Waals surface area (Å²) in [6, 6.07) is 3.95. The average molecular weight is 289 g/mol. The number of hydrogen-bond acceptors (Lipinski definition) is 7. The van der Waals surface area contributed by atoms with Gasteiger partial charge >= 0.3 is 0 Å². The molecule has 3 heterocycles. The number of hydrogen-bond donors (Lipinski definition) is 2. The number of aliphatic hydroxyl groups excluding tert-OH is 1. The van der Waals surface area contributed by atoms with Crippen molar-refractivity contribution in [2.45, 2.75) is 32.4 Å². The van der Waals surface area contributed by atoms with E-state index in [-0.39, 0.29) is 12.6 Å². The molecule has 21 heavy (non-hydrogen) atoms. The smallest absolute Gasteiger partial charge is 0.134 e. The van der Waals surface area contributed by atoms with Gasteiger partial charge in [0.25, 0.3) is 0 Å². The second-order valence-electron chi connectivity index (χ2n) is 5.22. The first kappa shape index (κ1) is 13.8. The molecule has 1 aliphatic heterocycles. The maximum atomic E-state index is 9.40. The van der Waals surface area contributed by atoms with E-state index < -0.39 is 0 Å². The van der Waals surface area contributed by atoms with Gasteiger partial charge in [0, 0.05) is 18.7 Å². The first-order valence-electron chi connectivity index (χ1n) is 7.12. The molecule has 0 bridgehead atoms. The fourth-order valence-electron chi connectivity index (χ4n) is 2.61. The third-order valence-electron chi connectivity index (χ3n) is 3.66. The third kappa shape index (κ3) is 3.13. The van der Waals surface area contributed by atoms with Crippen LogP contribution in [-0.4, -0.2) is 39.4 Å². The van der Waals surface area contributed by atoms with E-state index in [2.05, 4.69) is 25.3 Å². The number of aromatic nitrogens is 3. The molecule has 0 radical (unpaired) electrons. The molecular formula is C14H19N5O2. The molecule has 1 fully saturated rings. The van der Waals surface area contributed by atoms with E-state index in [9.17, 15) is 5.11 Å². The molecule has 7 nitrogen and oxygen atoms in total. The fraction of sp³-hybridized carbons (Fsp3) is 0.500. The molecule has 2 aromatic rings. The molecule has 1 aliphatic rings. The summed E-state index contributed by atoms with van der Waals surface area (Å²) >= 11 is 0. The summed E-state index contributed by atoms with van der Waals surface area (Å²) in [5.41, 5.74) is 0.835. The van der Waals surface area contributed by atoms with Gasteiger partial charge in [-0.15, -0.1) is 0 Å². The Morgan fingerprint density at radius 1 is 1.43 bits per heavy atom. The molecule has 0 aromatic carbocycles.